The molecule has 692 valence electrons. The Morgan fingerprint density at radius 3 is 0.676 bits per heavy atom. The highest BCUT2D eigenvalue weighted by molar-refractivity contribution is 6.02. The third-order valence-corrected chi connectivity index (χ3v) is 31.5. The minimum absolute atomic E-state index is 0.0380. The molecule has 0 heterocycles. The molecular formula is C142H109N3. The van der Waals surface area contributed by atoms with E-state index in [0.29, 0.717) is 0 Å². The quantitative estimate of drug-likeness (QED) is 0.101. The van der Waals surface area contributed by atoms with Crippen LogP contribution in [0.2, 0.25) is 0 Å². The zero-order chi connectivity index (χ0) is 97.8. The summed E-state index contributed by atoms with van der Waals surface area (Å²) in [6.45, 7) is 18.8. The van der Waals surface area contributed by atoms with Crippen molar-refractivity contribution in [1.29, 1.82) is 0 Å². The van der Waals surface area contributed by atoms with Gasteiger partial charge in [-0.25, -0.2) is 0 Å². The molecule has 0 saturated carbocycles. The van der Waals surface area contributed by atoms with Gasteiger partial charge in [0.1, 0.15) is 0 Å². The Labute approximate surface area is 851 Å². The summed E-state index contributed by atoms with van der Waals surface area (Å²) >= 11 is 0. The second-order valence-corrected chi connectivity index (χ2v) is 41.6. The van der Waals surface area contributed by atoms with Gasteiger partial charge >= 0.3 is 0 Å². The number of hydrogen-bond acceptors (Lipinski definition) is 3. The highest BCUT2D eigenvalue weighted by Crippen LogP contribution is 2.57. The van der Waals surface area contributed by atoms with E-state index in [0.717, 1.165) is 45.5 Å². The van der Waals surface area contributed by atoms with Crippen molar-refractivity contribution in [2.75, 3.05) is 14.7 Å². The van der Waals surface area contributed by atoms with Gasteiger partial charge in [0.25, 0.3) is 0 Å². The van der Waals surface area contributed by atoms with Crippen molar-refractivity contribution in [1.82, 2.24) is 0 Å². The lowest BCUT2D eigenvalue weighted by Gasteiger charge is -2.28. The van der Waals surface area contributed by atoms with Crippen molar-refractivity contribution < 1.29 is 0 Å². The Hall–Kier alpha value is -17.5. The number of fused-ring (bicyclic) bond motifs is 16. The molecule has 0 N–H and O–H groups in total. The van der Waals surface area contributed by atoms with Crippen LogP contribution in [0.1, 0.15) is 99.9 Å². The summed E-state index contributed by atoms with van der Waals surface area (Å²) in [6.07, 6.45) is 0. The van der Waals surface area contributed by atoms with E-state index in [1.807, 2.05) is 0 Å². The Kier molecular flexibility index (Phi) is 22.0. The highest BCUT2D eigenvalue weighted by atomic mass is 15.2. The summed E-state index contributed by atoms with van der Waals surface area (Å²) in [5.41, 5.74) is 46.5. The Balaban J connectivity index is 0.000000114. The van der Waals surface area contributed by atoms with Gasteiger partial charge in [0.05, 0.1) is 0 Å². The number of anilines is 9. The fraction of sp³-hybridized carbons (Fsp3) is 0.0845. The fourth-order valence-electron chi connectivity index (χ4n) is 23.7. The maximum Gasteiger partial charge on any atom is 0.0473 e. The molecule has 0 amide bonds. The SMILES string of the molecule is CC1(C)c2ccccc2-c2cc3ccc(N(c4ccc(-c5ccccc5)cc4)c4cc(-c5ccccc5)cc(-c5ccccc5)c4)cc3cc21.CC1(C)c2ccccc2-c2cc3ccc(N(c4ccc(-c5ccccc5)cc4)c4ccc(-c5ccc6ccccc6c5)cc4)cc3cc21.CC1(C)c2ccccc2-c2ccc(N(c3ccc(-c4ccccc4)cc3)c3ccc4cc5c(cc4c3)C(C)(C)c3ccccc3-5)cc21. The first kappa shape index (κ1) is 88.9. The summed E-state index contributed by atoms with van der Waals surface area (Å²) in [5.74, 6) is 0. The van der Waals surface area contributed by atoms with Crippen molar-refractivity contribution >= 4 is 94.3 Å². The van der Waals surface area contributed by atoms with E-state index in [4.69, 9.17) is 0 Å². The van der Waals surface area contributed by atoms with Gasteiger partial charge in [-0.1, -0.05) is 413 Å². The van der Waals surface area contributed by atoms with Crippen molar-refractivity contribution in [2.45, 2.75) is 77.0 Å². The molecule has 0 atom stereocenters. The molecule has 3 nitrogen and oxygen atoms in total. The Bertz CT molecular complexity index is 8870. The van der Waals surface area contributed by atoms with Gasteiger partial charge in [-0.3, -0.25) is 0 Å². The number of hydrogen-bond donors (Lipinski definition) is 0. The first-order valence-electron chi connectivity index (χ1n) is 50.9. The molecule has 27 rings (SSSR count). The molecule has 0 aromatic heterocycles. The molecule has 23 aromatic rings. The van der Waals surface area contributed by atoms with Crippen LogP contribution in [0.3, 0.4) is 0 Å². The third kappa shape index (κ3) is 16.0. The topological polar surface area (TPSA) is 9.72 Å². The van der Waals surface area contributed by atoms with Gasteiger partial charge in [0, 0.05) is 72.8 Å². The van der Waals surface area contributed by atoms with Gasteiger partial charge < -0.3 is 14.7 Å². The highest BCUT2D eigenvalue weighted by Gasteiger charge is 2.40. The van der Waals surface area contributed by atoms with Crippen LogP contribution in [-0.4, -0.2) is 0 Å². The molecule has 0 unspecified atom stereocenters. The molecule has 145 heavy (non-hydrogen) atoms. The number of benzene rings is 23. The van der Waals surface area contributed by atoms with Crippen LogP contribution in [0.4, 0.5) is 51.2 Å². The van der Waals surface area contributed by atoms with E-state index in [2.05, 4.69) is 586 Å². The summed E-state index contributed by atoms with van der Waals surface area (Å²) in [4.78, 5) is 7.23. The minimum atomic E-state index is -0.0741. The van der Waals surface area contributed by atoms with Crippen molar-refractivity contribution in [3.63, 3.8) is 0 Å². The first-order valence-corrected chi connectivity index (χ1v) is 50.9. The van der Waals surface area contributed by atoms with Crippen LogP contribution in [-0.2, 0) is 21.7 Å². The van der Waals surface area contributed by atoms with E-state index >= 15 is 0 Å². The number of nitrogens with zero attached hydrogens (tertiary/aromatic N) is 3. The fourth-order valence-corrected chi connectivity index (χ4v) is 23.7. The standard InChI is InChI=1S/C49H37N.C47H35N.C46H37N/c1-49(2)47-21-13-12-20-45(47)46-32-38-24-27-43(29-41(38)33-48(46)49)50(42-25-22-37(23-26-42)34-14-6-3-7-15-34)44-30-39(35-16-8-4-9-17-35)28-40(31-44)36-18-10-5-11-19-36;1-47(2)45-15-9-8-14-43(45)44-30-38-22-27-42(29-39(38)31-46(44)47)48(40-23-18-34(19-24-40)32-10-4-3-5-11-32)41-25-20-35(21-26-41)37-17-16-33-12-6-7-13-36(33)28-37;1-45(2)42-17-11-9-15-38(42)40-27-32-20-23-35(26-33(32)28-43(40)45)47(34-21-18-31(19-22-34)30-12-6-5-7-13-30)36-24-25-39-37-14-8-10-16-41(37)46(3,4)44(39)29-36/h3-33H,1-2H3;3-31H,1-2H3;5-29H,1-4H3. The largest absolute Gasteiger partial charge is 0.310 e. The Morgan fingerprint density at radius 2 is 0.331 bits per heavy atom. The predicted molar refractivity (Wildman–Crippen MR) is 616 cm³/mol. The van der Waals surface area contributed by atoms with E-state index in [1.165, 1.54) is 205 Å². The smallest absolute Gasteiger partial charge is 0.0473 e. The minimum Gasteiger partial charge on any atom is -0.310 e. The van der Waals surface area contributed by atoms with Crippen molar-refractivity contribution in [2.24, 2.45) is 0 Å². The maximum atomic E-state index is 2.44. The van der Waals surface area contributed by atoms with Crippen LogP contribution in [0.25, 0.3) is 154 Å². The van der Waals surface area contributed by atoms with Gasteiger partial charge in [-0.2, -0.15) is 0 Å². The zero-order valence-electron chi connectivity index (χ0n) is 82.9. The maximum absolute atomic E-state index is 2.44. The van der Waals surface area contributed by atoms with Gasteiger partial charge in [-0.05, 0) is 357 Å². The van der Waals surface area contributed by atoms with Crippen LogP contribution in [0.15, 0.2) is 516 Å². The first-order chi connectivity index (χ1) is 70.9. The lowest BCUT2D eigenvalue weighted by atomic mass is 9.82. The van der Waals surface area contributed by atoms with Crippen LogP contribution in [0.5, 0.6) is 0 Å². The number of rotatable bonds is 15. The Morgan fingerprint density at radius 1 is 0.110 bits per heavy atom. The molecule has 0 saturated heterocycles. The summed E-state index contributed by atoms with van der Waals surface area (Å²) < 4.78 is 0. The lowest BCUT2D eigenvalue weighted by molar-refractivity contribution is 0.660. The molecule has 3 heteroatoms. The zero-order valence-corrected chi connectivity index (χ0v) is 82.9. The molecule has 0 radical (unpaired) electrons. The average Bonchev–Trinajstić information content (AvgIpc) is 1.58. The second-order valence-electron chi connectivity index (χ2n) is 41.6. The van der Waals surface area contributed by atoms with E-state index < -0.39 is 0 Å². The molecule has 0 fully saturated rings. The summed E-state index contributed by atoms with van der Waals surface area (Å²) in [7, 11) is 0. The van der Waals surface area contributed by atoms with Crippen molar-refractivity contribution in [3.8, 4) is 111 Å². The third-order valence-electron chi connectivity index (χ3n) is 31.5. The normalized spacial score (nSPS) is 13.5. The molecule has 4 aliphatic carbocycles. The molecular weight excluding hydrogens is 1750 g/mol. The van der Waals surface area contributed by atoms with Gasteiger partial charge in [-0.15, -0.1) is 0 Å². The monoisotopic (exact) mass is 1860 g/mol. The molecule has 0 aliphatic heterocycles. The van der Waals surface area contributed by atoms with Crippen LogP contribution in [0, 0.1) is 0 Å². The molecule has 23 aromatic carbocycles. The summed E-state index contributed by atoms with van der Waals surface area (Å²) in [6, 6.07) is 189. The molecule has 0 spiro atoms. The molecule has 4 aliphatic rings. The predicted octanol–water partition coefficient (Wildman–Crippen LogP) is 39.3. The summed E-state index contributed by atoms with van der Waals surface area (Å²) in [5, 5.41) is 10.1. The van der Waals surface area contributed by atoms with E-state index in [9.17, 15) is 0 Å². The van der Waals surface area contributed by atoms with E-state index in [-0.39, 0.29) is 21.7 Å². The van der Waals surface area contributed by atoms with Crippen molar-refractivity contribution in [3.05, 3.63) is 560 Å². The van der Waals surface area contributed by atoms with E-state index in [1.54, 1.807) is 0 Å². The van der Waals surface area contributed by atoms with Crippen LogP contribution < -0.4 is 14.7 Å². The second kappa shape index (κ2) is 35.9. The van der Waals surface area contributed by atoms with Gasteiger partial charge in [0.2, 0.25) is 0 Å². The lowest BCUT2D eigenvalue weighted by Crippen LogP contribution is -2.16. The van der Waals surface area contributed by atoms with Gasteiger partial charge in [0.15, 0.2) is 0 Å². The molecule has 0 bridgehead atoms. The van der Waals surface area contributed by atoms with Crippen LogP contribution >= 0.6 is 0 Å². The average molecular weight is 1860 g/mol.